The molecule has 0 saturated carbocycles. The highest BCUT2D eigenvalue weighted by Crippen LogP contribution is 2.18. The number of quaternary nitrogens is 1. The van der Waals surface area contributed by atoms with Crippen molar-refractivity contribution in [3.05, 3.63) is 34.4 Å². The van der Waals surface area contributed by atoms with Gasteiger partial charge in [-0.2, -0.15) is 0 Å². The number of unbranched alkanes of at least 4 members (excludes halogenated alkanes) is 11. The molecule has 1 aromatic carbocycles. The molecule has 6 nitrogen and oxygen atoms in total. The summed E-state index contributed by atoms with van der Waals surface area (Å²) in [6, 6.07) is 5.61. The van der Waals surface area contributed by atoms with E-state index >= 15 is 0 Å². The van der Waals surface area contributed by atoms with Crippen LogP contribution in [0.3, 0.4) is 0 Å². The van der Waals surface area contributed by atoms with Crippen LogP contribution in [0.4, 0.5) is 5.69 Å². The van der Waals surface area contributed by atoms with Crippen LogP contribution >= 0.6 is 0 Å². The molecule has 0 bridgehead atoms. The highest BCUT2D eigenvalue weighted by molar-refractivity contribution is 5.72. The third-order valence-electron chi connectivity index (χ3n) is 6.04. The van der Waals surface area contributed by atoms with E-state index in [0.29, 0.717) is 12.2 Å². The van der Waals surface area contributed by atoms with E-state index in [-0.39, 0.29) is 11.7 Å². The standard InChI is InChI=1S/C26H45N2O4/c1-4-5-6-7-8-9-10-11-12-13-14-15-22-28(2,3)23-16-17-26(29)32-25-20-18-24(19-21-25)27(30)31/h18-21H,4-17,22-23H2,1-3H3/q+1. The van der Waals surface area contributed by atoms with Crippen molar-refractivity contribution >= 4 is 11.7 Å². The van der Waals surface area contributed by atoms with E-state index in [1.54, 1.807) is 0 Å². The van der Waals surface area contributed by atoms with E-state index in [2.05, 4.69) is 21.0 Å². The summed E-state index contributed by atoms with van der Waals surface area (Å²) < 4.78 is 6.19. The average molecular weight is 450 g/mol. The molecule has 0 radical (unpaired) electrons. The fraction of sp³-hybridized carbons (Fsp3) is 0.731. The first kappa shape index (κ1) is 28.1. The first-order valence-electron chi connectivity index (χ1n) is 12.6. The SMILES string of the molecule is CCCCCCCCCCCCCC[N+](C)(C)CCCC(=O)Oc1ccc([N+](=O)[O-])cc1. The van der Waals surface area contributed by atoms with Gasteiger partial charge in [0.1, 0.15) is 5.75 Å². The Morgan fingerprint density at radius 1 is 0.812 bits per heavy atom. The summed E-state index contributed by atoms with van der Waals surface area (Å²) >= 11 is 0. The maximum Gasteiger partial charge on any atom is 0.311 e. The summed E-state index contributed by atoms with van der Waals surface area (Å²) in [4.78, 5) is 22.2. The normalized spacial score (nSPS) is 11.5. The second-order valence-corrected chi connectivity index (χ2v) is 9.60. The monoisotopic (exact) mass is 449 g/mol. The number of rotatable bonds is 19. The molecule has 0 atom stereocenters. The molecule has 32 heavy (non-hydrogen) atoms. The molecule has 0 amide bonds. The number of esters is 1. The maximum absolute atomic E-state index is 12.0. The zero-order chi connectivity index (χ0) is 23.7. The van der Waals surface area contributed by atoms with E-state index in [1.807, 2.05) is 0 Å². The van der Waals surface area contributed by atoms with Crippen molar-refractivity contribution in [3.63, 3.8) is 0 Å². The first-order chi connectivity index (χ1) is 15.3. The average Bonchev–Trinajstić information content (AvgIpc) is 2.74. The molecule has 0 unspecified atom stereocenters. The molecule has 0 aliphatic carbocycles. The van der Waals surface area contributed by atoms with Crippen LogP contribution in [-0.4, -0.2) is 42.6 Å². The van der Waals surface area contributed by atoms with Crippen molar-refractivity contribution in [1.82, 2.24) is 0 Å². The van der Waals surface area contributed by atoms with E-state index in [1.165, 1.54) is 101 Å². The number of hydrogen-bond acceptors (Lipinski definition) is 4. The Bertz CT molecular complexity index is 644. The van der Waals surface area contributed by atoms with Crippen molar-refractivity contribution < 1.29 is 18.9 Å². The summed E-state index contributed by atoms with van der Waals surface area (Å²) in [5.74, 6) is 0.0649. The summed E-state index contributed by atoms with van der Waals surface area (Å²) in [6.45, 7) is 4.34. The predicted octanol–water partition coefficient (Wildman–Crippen LogP) is 7.06. The van der Waals surface area contributed by atoms with E-state index in [4.69, 9.17) is 4.74 Å². The van der Waals surface area contributed by atoms with Gasteiger partial charge in [0.2, 0.25) is 0 Å². The van der Waals surface area contributed by atoms with Crippen molar-refractivity contribution in [1.29, 1.82) is 0 Å². The number of nitrogens with zero attached hydrogens (tertiary/aromatic N) is 2. The molecule has 0 aliphatic heterocycles. The zero-order valence-corrected chi connectivity index (χ0v) is 20.7. The third-order valence-corrected chi connectivity index (χ3v) is 6.04. The Hall–Kier alpha value is -1.95. The van der Waals surface area contributed by atoms with Gasteiger partial charge in [-0.15, -0.1) is 0 Å². The largest absolute Gasteiger partial charge is 0.427 e. The topological polar surface area (TPSA) is 69.4 Å². The first-order valence-corrected chi connectivity index (χ1v) is 12.6. The van der Waals surface area contributed by atoms with Gasteiger partial charge >= 0.3 is 5.97 Å². The fourth-order valence-corrected chi connectivity index (χ4v) is 3.96. The van der Waals surface area contributed by atoms with Gasteiger partial charge < -0.3 is 9.22 Å². The number of ether oxygens (including phenoxy) is 1. The van der Waals surface area contributed by atoms with Crippen LogP contribution in [0.1, 0.15) is 96.8 Å². The van der Waals surface area contributed by atoms with Gasteiger partial charge in [0, 0.05) is 18.6 Å². The Balaban J connectivity index is 2.03. The van der Waals surface area contributed by atoms with Gasteiger partial charge in [-0.25, -0.2) is 0 Å². The van der Waals surface area contributed by atoms with Crippen LogP contribution in [-0.2, 0) is 4.79 Å². The van der Waals surface area contributed by atoms with Gasteiger partial charge in [0.25, 0.3) is 5.69 Å². The summed E-state index contributed by atoms with van der Waals surface area (Å²) in [6.07, 6.45) is 17.5. The summed E-state index contributed by atoms with van der Waals surface area (Å²) in [5.41, 5.74) is -0.0124. The van der Waals surface area contributed by atoms with E-state index < -0.39 is 4.92 Å². The van der Waals surface area contributed by atoms with Crippen LogP contribution in [0.5, 0.6) is 5.75 Å². The Labute approximate surface area is 195 Å². The molecule has 1 rings (SSSR count). The highest BCUT2D eigenvalue weighted by Gasteiger charge is 2.16. The molecule has 0 spiro atoms. The molecule has 0 heterocycles. The van der Waals surface area contributed by atoms with Crippen molar-refractivity contribution in [3.8, 4) is 5.75 Å². The molecular weight excluding hydrogens is 404 g/mol. The number of nitro groups is 1. The third kappa shape index (κ3) is 14.2. The second-order valence-electron chi connectivity index (χ2n) is 9.60. The number of benzene rings is 1. The Morgan fingerprint density at radius 3 is 1.78 bits per heavy atom. The molecule has 1 aromatic rings. The van der Waals surface area contributed by atoms with Gasteiger partial charge in [-0.3, -0.25) is 14.9 Å². The molecule has 0 saturated heterocycles. The minimum absolute atomic E-state index is 0.0124. The van der Waals surface area contributed by atoms with Gasteiger partial charge in [-0.05, 0) is 25.0 Å². The number of hydrogen-bond donors (Lipinski definition) is 0. The zero-order valence-electron chi connectivity index (χ0n) is 20.7. The van der Waals surface area contributed by atoms with Crippen molar-refractivity contribution in [2.75, 3.05) is 27.2 Å². The second kappa shape index (κ2) is 16.7. The molecule has 0 fully saturated rings. The smallest absolute Gasteiger partial charge is 0.311 e. The predicted molar refractivity (Wildman–Crippen MR) is 131 cm³/mol. The van der Waals surface area contributed by atoms with E-state index in [9.17, 15) is 14.9 Å². The van der Waals surface area contributed by atoms with Crippen LogP contribution in [0.15, 0.2) is 24.3 Å². The Morgan fingerprint density at radius 2 is 1.28 bits per heavy atom. The van der Waals surface area contributed by atoms with Crippen LogP contribution < -0.4 is 4.74 Å². The number of carbonyl (C=O) groups is 1. The lowest BCUT2D eigenvalue weighted by Gasteiger charge is -2.29. The lowest BCUT2D eigenvalue weighted by molar-refractivity contribution is -0.890. The van der Waals surface area contributed by atoms with Gasteiger partial charge in [0.05, 0.1) is 38.5 Å². The van der Waals surface area contributed by atoms with Crippen LogP contribution in [0, 0.1) is 10.1 Å². The molecular formula is C26H45N2O4+. The minimum atomic E-state index is -0.470. The van der Waals surface area contributed by atoms with Gasteiger partial charge in [-0.1, -0.05) is 71.1 Å². The quantitative estimate of drug-likeness (QED) is 0.0566. The maximum atomic E-state index is 12.0. The number of nitro benzene ring substituents is 1. The molecule has 182 valence electrons. The van der Waals surface area contributed by atoms with Crippen molar-refractivity contribution in [2.45, 2.75) is 96.8 Å². The highest BCUT2D eigenvalue weighted by atomic mass is 16.6. The number of non-ortho nitro benzene ring substituents is 1. The van der Waals surface area contributed by atoms with Gasteiger partial charge in [0.15, 0.2) is 0 Å². The lowest BCUT2D eigenvalue weighted by Crippen LogP contribution is -2.41. The number of carbonyl (C=O) groups excluding carboxylic acids is 1. The summed E-state index contributed by atoms with van der Waals surface area (Å²) in [7, 11) is 4.44. The van der Waals surface area contributed by atoms with Crippen LogP contribution in [0.2, 0.25) is 0 Å². The molecule has 0 N–H and O–H groups in total. The Kier molecular flexibility index (Phi) is 14.6. The van der Waals surface area contributed by atoms with E-state index in [0.717, 1.165) is 24.0 Å². The van der Waals surface area contributed by atoms with Crippen LogP contribution in [0.25, 0.3) is 0 Å². The summed E-state index contributed by atoms with van der Waals surface area (Å²) in [5, 5.41) is 10.7. The fourth-order valence-electron chi connectivity index (χ4n) is 3.96. The molecule has 0 aliphatic rings. The lowest BCUT2D eigenvalue weighted by atomic mass is 10.1. The minimum Gasteiger partial charge on any atom is -0.427 e. The van der Waals surface area contributed by atoms with Crippen molar-refractivity contribution in [2.24, 2.45) is 0 Å². The molecule has 6 heteroatoms. The molecule has 0 aromatic heterocycles.